The minimum Gasteiger partial charge on any atom is -0.497 e. The summed E-state index contributed by atoms with van der Waals surface area (Å²) in [5.41, 5.74) is 8.21. The molecule has 1 heterocycles. The van der Waals surface area contributed by atoms with E-state index in [1.807, 2.05) is 56.3 Å². The average molecular weight is 502 g/mol. The summed E-state index contributed by atoms with van der Waals surface area (Å²) in [4.78, 5) is 21.8. The Balaban J connectivity index is 0.00000186. The zero-order valence-corrected chi connectivity index (χ0v) is 21.3. The number of amides is 1. The van der Waals surface area contributed by atoms with Crippen LogP contribution in [0.25, 0.3) is 0 Å². The summed E-state index contributed by atoms with van der Waals surface area (Å²) in [5.74, 6) is 1.83. The van der Waals surface area contributed by atoms with Crippen LogP contribution in [0.4, 0.5) is 17.3 Å². The maximum Gasteiger partial charge on any atom is 0.258 e. The zero-order chi connectivity index (χ0) is 26.6. The van der Waals surface area contributed by atoms with Crippen molar-refractivity contribution in [1.29, 1.82) is 0 Å². The molecule has 1 amide bonds. The number of carbonyl (C=O) groups is 1. The summed E-state index contributed by atoms with van der Waals surface area (Å²) in [6.07, 6.45) is 1.42. The van der Waals surface area contributed by atoms with E-state index in [0.29, 0.717) is 23.7 Å². The summed E-state index contributed by atoms with van der Waals surface area (Å²) < 4.78 is 16.4. The van der Waals surface area contributed by atoms with Crippen LogP contribution in [-0.4, -0.2) is 30.1 Å². The van der Waals surface area contributed by atoms with Gasteiger partial charge in [0, 0.05) is 36.2 Å². The van der Waals surface area contributed by atoms with E-state index < -0.39 is 0 Å². The highest BCUT2D eigenvalue weighted by atomic mass is 16.5. The molecule has 0 fully saturated rings. The molecule has 9 nitrogen and oxygen atoms in total. The van der Waals surface area contributed by atoms with Gasteiger partial charge in [-0.2, -0.15) is 4.98 Å². The lowest BCUT2D eigenvalue weighted by molar-refractivity contribution is 0.0947. The predicted octanol–water partition coefficient (Wildman–Crippen LogP) is 5.57. The highest BCUT2D eigenvalue weighted by Crippen LogP contribution is 2.27. The third-order valence-corrected chi connectivity index (χ3v) is 5.01. The van der Waals surface area contributed by atoms with Crippen molar-refractivity contribution in [2.45, 2.75) is 20.4 Å². The summed E-state index contributed by atoms with van der Waals surface area (Å²) in [7, 11) is 3.19. The van der Waals surface area contributed by atoms with Gasteiger partial charge >= 0.3 is 0 Å². The number of anilines is 3. The second-order valence-corrected chi connectivity index (χ2v) is 7.47. The number of hydrogen-bond acceptors (Lipinski definition) is 8. The molecule has 0 radical (unpaired) electrons. The van der Waals surface area contributed by atoms with E-state index in [9.17, 15) is 4.79 Å². The molecule has 1 aromatic heterocycles. The first-order valence-corrected chi connectivity index (χ1v) is 11.8. The minimum absolute atomic E-state index is 0.0863. The quantitative estimate of drug-likeness (QED) is 0.255. The molecular formula is C28H31N5O4. The van der Waals surface area contributed by atoms with E-state index in [-0.39, 0.29) is 23.3 Å². The number of ether oxygens (including phenoxy) is 3. The van der Waals surface area contributed by atoms with Crippen LogP contribution in [0.2, 0.25) is 0 Å². The second-order valence-electron chi connectivity index (χ2n) is 7.47. The standard InChI is InChI=1S/C26H25N5O4.C2H6/c1-33-20-11-9-17(10-12-20)15-28-24(32)23-16-29-26(30-19-6-4-7-21(14-19)34-2)31-25(23)35-22-8-3-5-18(27)13-22;1-2/h3-14,16H,15,27H2,1-2H3,(H,28,32)(H,29,30,31);1-2H3. The number of nitrogens with zero attached hydrogens (tertiary/aromatic N) is 2. The maximum atomic E-state index is 13.0. The molecule has 0 atom stereocenters. The van der Waals surface area contributed by atoms with Gasteiger partial charge in [0.25, 0.3) is 5.91 Å². The van der Waals surface area contributed by atoms with E-state index in [1.165, 1.54) is 6.20 Å². The SMILES string of the molecule is CC.COc1ccc(CNC(=O)c2cnc(Nc3cccc(OC)c3)nc2Oc2cccc(N)c2)cc1. The Kier molecular flexibility index (Phi) is 9.66. The van der Waals surface area contributed by atoms with Gasteiger partial charge in [-0.15, -0.1) is 0 Å². The summed E-state index contributed by atoms with van der Waals surface area (Å²) >= 11 is 0. The number of nitrogens with two attached hydrogens (primary N) is 1. The number of benzene rings is 3. The lowest BCUT2D eigenvalue weighted by atomic mass is 10.2. The van der Waals surface area contributed by atoms with Crippen molar-refractivity contribution >= 4 is 23.2 Å². The number of rotatable bonds is 9. The Bertz CT molecular complexity index is 1310. The van der Waals surface area contributed by atoms with Crippen LogP contribution in [0.5, 0.6) is 23.1 Å². The van der Waals surface area contributed by atoms with Crippen molar-refractivity contribution in [3.63, 3.8) is 0 Å². The third-order valence-electron chi connectivity index (χ3n) is 5.01. The monoisotopic (exact) mass is 501 g/mol. The molecule has 0 saturated carbocycles. The molecule has 192 valence electrons. The largest absolute Gasteiger partial charge is 0.497 e. The number of aromatic nitrogens is 2. The fraction of sp³-hybridized carbons (Fsp3) is 0.179. The molecule has 4 N–H and O–H groups in total. The van der Waals surface area contributed by atoms with Crippen molar-refractivity contribution in [2.75, 3.05) is 25.3 Å². The molecular weight excluding hydrogens is 470 g/mol. The Morgan fingerprint density at radius 3 is 2.30 bits per heavy atom. The first-order chi connectivity index (χ1) is 18.0. The summed E-state index contributed by atoms with van der Waals surface area (Å²) in [6.45, 7) is 4.31. The van der Waals surface area contributed by atoms with Crippen molar-refractivity contribution < 1.29 is 19.0 Å². The topological polar surface area (TPSA) is 121 Å². The Hall–Kier alpha value is -4.79. The second kappa shape index (κ2) is 13.3. The molecule has 0 aliphatic carbocycles. The number of nitrogen functional groups attached to an aromatic ring is 1. The number of carbonyl (C=O) groups excluding carboxylic acids is 1. The van der Waals surface area contributed by atoms with Crippen LogP contribution in [-0.2, 0) is 6.54 Å². The van der Waals surface area contributed by atoms with Crippen molar-refractivity contribution in [1.82, 2.24) is 15.3 Å². The van der Waals surface area contributed by atoms with E-state index in [2.05, 4.69) is 20.6 Å². The average Bonchev–Trinajstić information content (AvgIpc) is 2.93. The third kappa shape index (κ3) is 7.60. The van der Waals surface area contributed by atoms with E-state index in [0.717, 1.165) is 17.0 Å². The lowest BCUT2D eigenvalue weighted by Gasteiger charge is -2.13. The molecule has 37 heavy (non-hydrogen) atoms. The predicted molar refractivity (Wildman–Crippen MR) is 145 cm³/mol. The van der Waals surface area contributed by atoms with Gasteiger partial charge in [-0.1, -0.05) is 38.1 Å². The van der Waals surface area contributed by atoms with Gasteiger partial charge in [0.15, 0.2) is 0 Å². The van der Waals surface area contributed by atoms with Crippen molar-refractivity contribution in [3.8, 4) is 23.1 Å². The highest BCUT2D eigenvalue weighted by Gasteiger charge is 2.17. The first kappa shape index (κ1) is 26.8. The van der Waals surface area contributed by atoms with Crippen LogP contribution >= 0.6 is 0 Å². The maximum absolute atomic E-state index is 13.0. The van der Waals surface area contributed by atoms with Crippen LogP contribution in [0, 0.1) is 0 Å². The number of hydrogen-bond donors (Lipinski definition) is 3. The molecule has 0 bridgehead atoms. The lowest BCUT2D eigenvalue weighted by Crippen LogP contribution is -2.24. The highest BCUT2D eigenvalue weighted by molar-refractivity contribution is 5.96. The van der Waals surface area contributed by atoms with Crippen molar-refractivity contribution in [2.24, 2.45) is 0 Å². The van der Waals surface area contributed by atoms with Gasteiger partial charge in [0.2, 0.25) is 11.8 Å². The van der Waals surface area contributed by atoms with Gasteiger partial charge in [-0.3, -0.25) is 4.79 Å². The van der Waals surface area contributed by atoms with Gasteiger partial charge in [0.05, 0.1) is 14.2 Å². The summed E-state index contributed by atoms with van der Waals surface area (Å²) in [6, 6.07) is 21.6. The molecule has 0 saturated heterocycles. The van der Waals surface area contributed by atoms with Gasteiger partial charge in [0.1, 0.15) is 22.8 Å². The number of nitrogens with one attached hydrogen (secondary N) is 2. The van der Waals surface area contributed by atoms with E-state index >= 15 is 0 Å². The van der Waals surface area contributed by atoms with Gasteiger partial charge < -0.3 is 30.6 Å². The molecule has 4 aromatic rings. The Morgan fingerprint density at radius 1 is 0.892 bits per heavy atom. The normalized spacial score (nSPS) is 9.95. The zero-order valence-electron chi connectivity index (χ0n) is 21.3. The van der Waals surface area contributed by atoms with Crippen LogP contribution in [0.1, 0.15) is 29.8 Å². The Labute approximate surface area is 216 Å². The van der Waals surface area contributed by atoms with Gasteiger partial charge in [-0.05, 0) is 42.0 Å². The fourth-order valence-electron chi connectivity index (χ4n) is 3.20. The molecule has 0 aliphatic rings. The molecule has 0 spiro atoms. The molecule has 0 aliphatic heterocycles. The molecule has 0 unspecified atom stereocenters. The molecule has 4 rings (SSSR count). The fourth-order valence-corrected chi connectivity index (χ4v) is 3.20. The number of methoxy groups -OCH3 is 2. The Morgan fingerprint density at radius 2 is 1.59 bits per heavy atom. The molecule has 9 heteroatoms. The van der Waals surface area contributed by atoms with Crippen LogP contribution < -0.4 is 30.6 Å². The summed E-state index contributed by atoms with van der Waals surface area (Å²) in [5, 5.41) is 5.97. The van der Waals surface area contributed by atoms with Crippen LogP contribution in [0.15, 0.2) is 79.0 Å². The molecule has 3 aromatic carbocycles. The first-order valence-electron chi connectivity index (χ1n) is 11.8. The van der Waals surface area contributed by atoms with Crippen molar-refractivity contribution in [3.05, 3.63) is 90.1 Å². The van der Waals surface area contributed by atoms with E-state index in [1.54, 1.807) is 44.6 Å². The van der Waals surface area contributed by atoms with Gasteiger partial charge in [-0.25, -0.2) is 4.98 Å². The van der Waals surface area contributed by atoms with Crippen LogP contribution in [0.3, 0.4) is 0 Å². The smallest absolute Gasteiger partial charge is 0.258 e. The minimum atomic E-state index is -0.382. The van der Waals surface area contributed by atoms with E-state index in [4.69, 9.17) is 19.9 Å².